The van der Waals surface area contributed by atoms with Crippen LogP contribution in [0.3, 0.4) is 0 Å². The lowest BCUT2D eigenvalue weighted by Gasteiger charge is -2.29. The first-order chi connectivity index (χ1) is 14.1. The average molecular weight is 424 g/mol. The van der Waals surface area contributed by atoms with E-state index in [2.05, 4.69) is 32.3 Å². The summed E-state index contributed by atoms with van der Waals surface area (Å²) in [5.74, 6) is 2.26. The van der Waals surface area contributed by atoms with E-state index in [1.165, 1.54) is 0 Å². The molecule has 2 unspecified atom stereocenters. The van der Waals surface area contributed by atoms with Crippen LogP contribution in [0.2, 0.25) is 5.02 Å². The molecule has 162 valence electrons. The van der Waals surface area contributed by atoms with Crippen LogP contribution in [0.1, 0.15) is 13.3 Å². The molecule has 3 rings (SSSR count). The second kappa shape index (κ2) is 10.9. The number of nitrogens with zero attached hydrogens (tertiary/aromatic N) is 3. The van der Waals surface area contributed by atoms with Crippen molar-refractivity contribution >= 4 is 23.2 Å². The van der Waals surface area contributed by atoms with E-state index in [0.717, 1.165) is 81.3 Å². The number of halogens is 1. The van der Waals surface area contributed by atoms with E-state index in [4.69, 9.17) is 21.1 Å². The molecule has 2 N–H and O–H groups in total. The number of rotatable bonds is 7. The number of hydrogen-bond acceptors (Lipinski definition) is 5. The van der Waals surface area contributed by atoms with Crippen LogP contribution in [0.5, 0.6) is 5.75 Å². The van der Waals surface area contributed by atoms with Crippen molar-refractivity contribution in [2.75, 3.05) is 71.5 Å². The Kier molecular flexibility index (Phi) is 8.27. The van der Waals surface area contributed by atoms with Gasteiger partial charge < -0.3 is 25.0 Å². The molecule has 2 saturated heterocycles. The molecule has 0 aliphatic carbocycles. The zero-order chi connectivity index (χ0) is 20.6. The van der Waals surface area contributed by atoms with Crippen molar-refractivity contribution in [3.05, 3.63) is 23.2 Å². The number of hydrogen-bond donors (Lipinski definition) is 2. The zero-order valence-corrected chi connectivity index (χ0v) is 18.5. The molecule has 2 fully saturated rings. The van der Waals surface area contributed by atoms with Gasteiger partial charge in [-0.2, -0.15) is 0 Å². The molecule has 0 amide bonds. The van der Waals surface area contributed by atoms with Crippen LogP contribution in [0.15, 0.2) is 23.2 Å². The maximum atomic E-state index is 6.20. The van der Waals surface area contributed by atoms with Crippen molar-refractivity contribution in [2.45, 2.75) is 19.4 Å². The standard InChI is InChI=1S/C21H34ClN5O2/c1-16(14-26-8-10-29-11-9-26)13-24-21(23-2)25-18-6-7-27(15-18)19-12-17(22)4-5-20(19)28-3/h4-5,12,16,18H,6-11,13-15H2,1-3H3,(H2,23,24,25). The first kappa shape index (κ1) is 22.0. The summed E-state index contributed by atoms with van der Waals surface area (Å²) in [6, 6.07) is 6.09. The molecule has 2 atom stereocenters. The van der Waals surface area contributed by atoms with Gasteiger partial charge in [-0.3, -0.25) is 9.89 Å². The summed E-state index contributed by atoms with van der Waals surface area (Å²) in [5.41, 5.74) is 1.05. The van der Waals surface area contributed by atoms with Gasteiger partial charge in [0.2, 0.25) is 0 Å². The minimum atomic E-state index is 0.333. The molecule has 0 aromatic heterocycles. The Balaban J connectivity index is 1.46. The molecule has 8 heteroatoms. The summed E-state index contributed by atoms with van der Waals surface area (Å²) in [4.78, 5) is 9.20. The third-order valence-electron chi connectivity index (χ3n) is 5.53. The van der Waals surface area contributed by atoms with Crippen molar-refractivity contribution in [2.24, 2.45) is 10.9 Å². The topological polar surface area (TPSA) is 61.4 Å². The second-order valence-corrected chi connectivity index (χ2v) is 8.30. The van der Waals surface area contributed by atoms with Crippen LogP contribution in [0, 0.1) is 5.92 Å². The lowest BCUT2D eigenvalue weighted by molar-refractivity contribution is 0.0320. The van der Waals surface area contributed by atoms with Crippen molar-refractivity contribution < 1.29 is 9.47 Å². The fraction of sp³-hybridized carbons (Fsp3) is 0.667. The van der Waals surface area contributed by atoms with Crippen molar-refractivity contribution in [1.82, 2.24) is 15.5 Å². The highest BCUT2D eigenvalue weighted by Crippen LogP contribution is 2.33. The van der Waals surface area contributed by atoms with E-state index in [1.54, 1.807) is 7.11 Å². The van der Waals surface area contributed by atoms with Gasteiger partial charge >= 0.3 is 0 Å². The van der Waals surface area contributed by atoms with Crippen LogP contribution in [0.4, 0.5) is 5.69 Å². The third-order valence-corrected chi connectivity index (χ3v) is 5.76. The summed E-state index contributed by atoms with van der Waals surface area (Å²) in [6.45, 7) is 9.86. The summed E-state index contributed by atoms with van der Waals surface area (Å²) < 4.78 is 10.9. The minimum Gasteiger partial charge on any atom is -0.495 e. The van der Waals surface area contributed by atoms with E-state index >= 15 is 0 Å². The molecule has 0 bridgehead atoms. The van der Waals surface area contributed by atoms with Gasteiger partial charge in [-0.1, -0.05) is 18.5 Å². The van der Waals surface area contributed by atoms with Gasteiger partial charge in [0, 0.05) is 57.4 Å². The molecule has 1 aromatic carbocycles. The normalized spacial score (nSPS) is 21.9. The molecule has 1 aromatic rings. The monoisotopic (exact) mass is 423 g/mol. The highest BCUT2D eigenvalue weighted by molar-refractivity contribution is 6.30. The lowest BCUT2D eigenvalue weighted by Crippen LogP contribution is -2.47. The van der Waals surface area contributed by atoms with Gasteiger partial charge in [0.15, 0.2) is 5.96 Å². The molecular weight excluding hydrogens is 390 g/mol. The Morgan fingerprint density at radius 1 is 1.34 bits per heavy atom. The van der Waals surface area contributed by atoms with E-state index < -0.39 is 0 Å². The fourth-order valence-electron chi connectivity index (χ4n) is 3.96. The molecule has 7 nitrogen and oxygen atoms in total. The molecule has 0 saturated carbocycles. The first-order valence-corrected chi connectivity index (χ1v) is 10.8. The third kappa shape index (κ3) is 6.39. The summed E-state index contributed by atoms with van der Waals surface area (Å²) in [6.07, 6.45) is 1.04. The number of morpholine rings is 1. The maximum Gasteiger partial charge on any atom is 0.191 e. The Morgan fingerprint density at radius 3 is 2.86 bits per heavy atom. The largest absolute Gasteiger partial charge is 0.495 e. The Morgan fingerprint density at radius 2 is 2.14 bits per heavy atom. The van der Waals surface area contributed by atoms with Gasteiger partial charge in [-0.05, 0) is 30.5 Å². The number of benzene rings is 1. The van der Waals surface area contributed by atoms with E-state index in [9.17, 15) is 0 Å². The smallest absolute Gasteiger partial charge is 0.191 e. The minimum absolute atomic E-state index is 0.333. The SMILES string of the molecule is CN=C(NCC(C)CN1CCOCC1)NC1CCN(c2cc(Cl)ccc2OC)C1. The van der Waals surface area contributed by atoms with Crippen molar-refractivity contribution in [3.8, 4) is 5.75 Å². The zero-order valence-electron chi connectivity index (χ0n) is 17.8. The van der Waals surface area contributed by atoms with Gasteiger partial charge in [-0.25, -0.2) is 0 Å². The fourth-order valence-corrected chi connectivity index (χ4v) is 4.12. The van der Waals surface area contributed by atoms with Gasteiger partial charge in [0.05, 0.1) is 26.0 Å². The van der Waals surface area contributed by atoms with Crippen molar-refractivity contribution in [3.63, 3.8) is 0 Å². The molecule has 2 heterocycles. The maximum absolute atomic E-state index is 6.20. The van der Waals surface area contributed by atoms with Crippen LogP contribution in [0.25, 0.3) is 0 Å². The van der Waals surface area contributed by atoms with Crippen LogP contribution < -0.4 is 20.3 Å². The van der Waals surface area contributed by atoms with E-state index in [-0.39, 0.29) is 0 Å². The first-order valence-electron chi connectivity index (χ1n) is 10.4. The number of nitrogens with one attached hydrogen (secondary N) is 2. The molecule has 0 radical (unpaired) electrons. The molecule has 2 aliphatic rings. The van der Waals surface area contributed by atoms with Gasteiger partial charge in [0.25, 0.3) is 0 Å². The number of guanidine groups is 1. The van der Waals surface area contributed by atoms with E-state index in [1.807, 2.05) is 25.2 Å². The Bertz CT molecular complexity index is 681. The van der Waals surface area contributed by atoms with Crippen molar-refractivity contribution in [1.29, 1.82) is 0 Å². The Hall–Kier alpha value is -1.70. The highest BCUT2D eigenvalue weighted by atomic mass is 35.5. The Labute approximate surface area is 179 Å². The lowest BCUT2D eigenvalue weighted by atomic mass is 10.1. The number of aliphatic imine (C=N–C) groups is 1. The summed E-state index contributed by atoms with van der Waals surface area (Å²) >= 11 is 6.20. The van der Waals surface area contributed by atoms with Crippen LogP contribution in [-0.4, -0.2) is 83.5 Å². The predicted molar refractivity (Wildman–Crippen MR) is 120 cm³/mol. The highest BCUT2D eigenvalue weighted by Gasteiger charge is 2.25. The predicted octanol–water partition coefficient (Wildman–Crippen LogP) is 2.06. The van der Waals surface area contributed by atoms with Gasteiger partial charge in [0.1, 0.15) is 5.75 Å². The second-order valence-electron chi connectivity index (χ2n) is 7.86. The van der Waals surface area contributed by atoms with Gasteiger partial charge in [-0.15, -0.1) is 0 Å². The molecule has 0 spiro atoms. The molecule has 2 aliphatic heterocycles. The summed E-state index contributed by atoms with van der Waals surface area (Å²) in [7, 11) is 3.52. The average Bonchev–Trinajstić information content (AvgIpc) is 3.20. The number of ether oxygens (including phenoxy) is 2. The number of methoxy groups -OCH3 is 1. The summed E-state index contributed by atoms with van der Waals surface area (Å²) in [5, 5.41) is 7.78. The number of anilines is 1. The molecule has 29 heavy (non-hydrogen) atoms. The quantitative estimate of drug-likeness (QED) is 0.517. The molecular formula is C21H34ClN5O2. The van der Waals surface area contributed by atoms with E-state index in [0.29, 0.717) is 12.0 Å². The van der Waals surface area contributed by atoms with Crippen LogP contribution in [-0.2, 0) is 4.74 Å². The van der Waals surface area contributed by atoms with Crippen LogP contribution >= 0.6 is 11.6 Å².